The molecule has 2 N–H and O–H groups in total. The maximum Gasteiger partial charge on any atom is 0.407 e. The molecule has 6 heteroatoms. The molecule has 1 aliphatic rings. The molecule has 0 saturated heterocycles. The fourth-order valence-corrected chi connectivity index (χ4v) is 2.25. The number of nitrogens with one attached hydrogen (secondary N) is 2. The predicted octanol–water partition coefficient (Wildman–Crippen LogP) is 2.60. The van der Waals surface area contributed by atoms with Crippen molar-refractivity contribution in [1.82, 2.24) is 15.6 Å². The van der Waals surface area contributed by atoms with Gasteiger partial charge in [-0.15, -0.1) is 0 Å². The van der Waals surface area contributed by atoms with Crippen molar-refractivity contribution in [3.05, 3.63) is 28.5 Å². The first kappa shape index (κ1) is 15.3. The summed E-state index contributed by atoms with van der Waals surface area (Å²) in [6.07, 6.45) is 4.17. The molecule has 1 fully saturated rings. The summed E-state index contributed by atoms with van der Waals surface area (Å²) in [5.41, 5.74) is 0.659. The molecule has 1 aliphatic carbocycles. The molecule has 1 aromatic heterocycles. The number of hydrogen-bond acceptors (Lipinski definition) is 4. The van der Waals surface area contributed by atoms with Crippen LogP contribution in [0.3, 0.4) is 0 Å². The lowest BCUT2D eigenvalue weighted by molar-refractivity contribution is 0.0522. The molecule has 2 rings (SSSR count). The van der Waals surface area contributed by atoms with Gasteiger partial charge in [0.2, 0.25) is 0 Å². The van der Waals surface area contributed by atoms with E-state index in [0.29, 0.717) is 6.04 Å². The van der Waals surface area contributed by atoms with Crippen molar-refractivity contribution in [1.29, 1.82) is 0 Å². The van der Waals surface area contributed by atoms with Crippen LogP contribution < -0.4 is 10.6 Å². The summed E-state index contributed by atoms with van der Waals surface area (Å²) in [7, 11) is 0. The zero-order valence-corrected chi connectivity index (χ0v) is 13.5. The van der Waals surface area contributed by atoms with Gasteiger partial charge in [0.1, 0.15) is 5.60 Å². The first-order valence-corrected chi connectivity index (χ1v) is 7.45. The van der Waals surface area contributed by atoms with Crippen molar-refractivity contribution in [2.45, 2.75) is 51.4 Å². The monoisotopic (exact) mass is 341 g/mol. The topological polar surface area (TPSA) is 63.2 Å². The molecule has 1 aromatic rings. The van der Waals surface area contributed by atoms with E-state index in [-0.39, 0.29) is 12.1 Å². The third-order valence-corrected chi connectivity index (χ3v) is 3.26. The van der Waals surface area contributed by atoms with E-state index in [0.717, 1.165) is 23.0 Å². The van der Waals surface area contributed by atoms with E-state index in [4.69, 9.17) is 4.74 Å². The Balaban J connectivity index is 1.69. The number of hydrogen-bond donors (Lipinski definition) is 2. The van der Waals surface area contributed by atoms with E-state index in [9.17, 15) is 4.79 Å². The van der Waals surface area contributed by atoms with Crippen LogP contribution in [0.15, 0.2) is 22.9 Å². The van der Waals surface area contributed by atoms with Gasteiger partial charge in [0.05, 0.1) is 0 Å². The predicted molar refractivity (Wildman–Crippen MR) is 80.3 cm³/mol. The Labute approximate surface area is 127 Å². The molecular formula is C14H20BrN3O2. The molecule has 0 radical (unpaired) electrons. The van der Waals surface area contributed by atoms with Crippen LogP contribution in [0.2, 0.25) is 0 Å². The number of ether oxygens (including phenoxy) is 1. The van der Waals surface area contributed by atoms with E-state index in [1.165, 1.54) is 0 Å². The molecular weight excluding hydrogens is 322 g/mol. The minimum absolute atomic E-state index is 0.157. The van der Waals surface area contributed by atoms with Crippen LogP contribution in [0.25, 0.3) is 0 Å². The Bertz CT molecular complexity index is 488. The highest BCUT2D eigenvalue weighted by Gasteiger charge is 2.38. The number of rotatable bonds is 4. The largest absolute Gasteiger partial charge is 0.444 e. The van der Waals surface area contributed by atoms with Gasteiger partial charge in [-0.2, -0.15) is 0 Å². The smallest absolute Gasteiger partial charge is 0.407 e. The van der Waals surface area contributed by atoms with Crippen molar-refractivity contribution < 1.29 is 9.53 Å². The van der Waals surface area contributed by atoms with Gasteiger partial charge >= 0.3 is 6.09 Å². The number of pyridine rings is 1. The quantitative estimate of drug-likeness (QED) is 0.883. The summed E-state index contributed by atoms with van der Waals surface area (Å²) < 4.78 is 6.19. The minimum Gasteiger partial charge on any atom is -0.444 e. The summed E-state index contributed by atoms with van der Waals surface area (Å²) in [6, 6.07) is 2.49. The molecule has 0 spiro atoms. The number of nitrogens with zero attached hydrogens (tertiary/aromatic N) is 1. The van der Waals surface area contributed by atoms with E-state index in [2.05, 4.69) is 31.5 Å². The van der Waals surface area contributed by atoms with Crippen molar-refractivity contribution in [2.75, 3.05) is 0 Å². The van der Waals surface area contributed by atoms with Crippen molar-refractivity contribution in [2.24, 2.45) is 0 Å². The van der Waals surface area contributed by atoms with Crippen LogP contribution >= 0.6 is 15.9 Å². The van der Waals surface area contributed by atoms with Crippen LogP contribution in [0.4, 0.5) is 4.79 Å². The summed E-state index contributed by atoms with van der Waals surface area (Å²) in [6.45, 7) is 6.31. The van der Waals surface area contributed by atoms with Crippen LogP contribution in [0.1, 0.15) is 32.8 Å². The number of alkyl carbamates (subject to hydrolysis) is 1. The summed E-state index contributed by atoms with van der Waals surface area (Å²) in [5, 5.41) is 6.25. The van der Waals surface area contributed by atoms with Gasteiger partial charge in [-0.1, -0.05) is 0 Å². The number of amides is 1. The fraction of sp³-hybridized carbons (Fsp3) is 0.571. The molecule has 2 unspecified atom stereocenters. The van der Waals surface area contributed by atoms with Crippen molar-refractivity contribution in [3.8, 4) is 0 Å². The SMILES string of the molecule is CC(C)(C)OC(=O)NC1CC1NCc1cncc(Br)c1. The van der Waals surface area contributed by atoms with Gasteiger partial charge < -0.3 is 15.4 Å². The number of aromatic nitrogens is 1. The molecule has 20 heavy (non-hydrogen) atoms. The zero-order valence-electron chi connectivity index (χ0n) is 11.9. The highest BCUT2D eigenvalue weighted by molar-refractivity contribution is 9.10. The highest BCUT2D eigenvalue weighted by atomic mass is 79.9. The first-order valence-electron chi connectivity index (χ1n) is 6.66. The Morgan fingerprint density at radius 3 is 2.85 bits per heavy atom. The molecule has 0 aromatic carbocycles. The van der Waals surface area contributed by atoms with Gasteiger partial charge in [-0.25, -0.2) is 4.79 Å². The second-order valence-corrected chi connectivity index (χ2v) is 6.90. The molecule has 0 aliphatic heterocycles. The molecule has 1 amide bonds. The van der Waals surface area contributed by atoms with Gasteiger partial charge in [-0.3, -0.25) is 4.98 Å². The highest BCUT2D eigenvalue weighted by Crippen LogP contribution is 2.22. The van der Waals surface area contributed by atoms with Gasteiger partial charge in [-0.05, 0) is 54.8 Å². The van der Waals surface area contributed by atoms with Gasteiger partial charge in [0, 0.05) is 35.5 Å². The lowest BCUT2D eigenvalue weighted by atomic mass is 10.2. The normalized spacial score (nSPS) is 21.4. The lowest BCUT2D eigenvalue weighted by Crippen LogP contribution is -2.36. The van der Waals surface area contributed by atoms with Crippen molar-refractivity contribution >= 4 is 22.0 Å². The number of halogens is 1. The first-order chi connectivity index (χ1) is 9.33. The van der Waals surface area contributed by atoms with Gasteiger partial charge in [0.25, 0.3) is 0 Å². The second-order valence-electron chi connectivity index (χ2n) is 5.99. The third-order valence-electron chi connectivity index (χ3n) is 2.82. The van der Waals surface area contributed by atoms with Crippen LogP contribution in [0.5, 0.6) is 0 Å². The average molecular weight is 342 g/mol. The Morgan fingerprint density at radius 2 is 2.20 bits per heavy atom. The molecule has 0 bridgehead atoms. The van der Waals surface area contributed by atoms with Crippen LogP contribution in [-0.2, 0) is 11.3 Å². The molecule has 2 atom stereocenters. The van der Waals surface area contributed by atoms with Crippen molar-refractivity contribution in [3.63, 3.8) is 0 Å². The zero-order chi connectivity index (χ0) is 14.8. The second kappa shape index (κ2) is 6.10. The maximum absolute atomic E-state index is 11.6. The van der Waals surface area contributed by atoms with E-state index < -0.39 is 5.60 Å². The third kappa shape index (κ3) is 5.09. The summed E-state index contributed by atoms with van der Waals surface area (Å²) in [5.74, 6) is 0. The average Bonchev–Trinajstić information content (AvgIpc) is 3.02. The standard InChI is InChI=1S/C14H20BrN3O2/c1-14(2,3)20-13(19)18-12-5-11(12)17-7-9-4-10(15)8-16-6-9/h4,6,8,11-12,17H,5,7H2,1-3H3,(H,18,19). The van der Waals surface area contributed by atoms with E-state index in [1.54, 1.807) is 6.20 Å². The molecule has 5 nitrogen and oxygen atoms in total. The fourth-order valence-electron chi connectivity index (χ4n) is 1.84. The molecule has 110 valence electrons. The lowest BCUT2D eigenvalue weighted by Gasteiger charge is -2.19. The van der Waals surface area contributed by atoms with Crippen LogP contribution in [-0.4, -0.2) is 28.8 Å². The summed E-state index contributed by atoms with van der Waals surface area (Å²) in [4.78, 5) is 15.7. The minimum atomic E-state index is -0.454. The van der Waals surface area contributed by atoms with E-state index in [1.807, 2.05) is 33.0 Å². The molecule has 1 saturated carbocycles. The van der Waals surface area contributed by atoms with Crippen LogP contribution in [0, 0.1) is 0 Å². The summed E-state index contributed by atoms with van der Waals surface area (Å²) >= 11 is 3.39. The Morgan fingerprint density at radius 1 is 1.45 bits per heavy atom. The number of carbonyl (C=O) groups is 1. The Kier molecular flexibility index (Phi) is 4.65. The Hall–Kier alpha value is -1.14. The van der Waals surface area contributed by atoms with Gasteiger partial charge in [0.15, 0.2) is 0 Å². The number of carbonyl (C=O) groups excluding carboxylic acids is 1. The maximum atomic E-state index is 11.6. The molecule has 1 heterocycles. The van der Waals surface area contributed by atoms with E-state index >= 15 is 0 Å².